The molecule has 1 aliphatic rings. The molecule has 1 aromatic rings. The number of carbonyl (C=O) groups excluding carboxylic acids is 1. The van der Waals surface area contributed by atoms with E-state index in [4.69, 9.17) is 4.74 Å². The second-order valence-electron chi connectivity index (χ2n) is 2.31. The normalized spacial score (nSPS) is 21.2. The van der Waals surface area contributed by atoms with E-state index in [1.807, 2.05) is 18.2 Å². The fourth-order valence-corrected chi connectivity index (χ4v) is 1.67. The smallest absolute Gasteiger partial charge is 0.340 e. The molecule has 0 radical (unpaired) electrons. The lowest BCUT2D eigenvalue weighted by molar-refractivity contribution is 0.0530. The minimum atomic E-state index is -0.258. The lowest BCUT2D eigenvalue weighted by atomic mass is 10.1. The number of ether oxygens (including phenoxy) is 1. The Hall–Kier alpha value is -0.830. The number of halogens is 1. The van der Waals surface area contributed by atoms with Crippen LogP contribution in [0, 0.1) is 0 Å². The summed E-state index contributed by atoms with van der Waals surface area (Å²) in [7, 11) is 0. The average molecular weight is 213 g/mol. The van der Waals surface area contributed by atoms with E-state index in [2.05, 4.69) is 15.9 Å². The maximum absolute atomic E-state index is 11.0. The summed E-state index contributed by atoms with van der Waals surface area (Å²) in [5, 5.41) is -0.258. The molecular formula is C8H5BrO2. The number of rotatable bonds is 0. The first-order valence-electron chi connectivity index (χ1n) is 3.23. The maximum Gasteiger partial charge on any atom is 0.340 e. The summed E-state index contributed by atoms with van der Waals surface area (Å²) in [5.74, 6) is -0.248. The molecular weight excluding hydrogens is 208 g/mol. The van der Waals surface area contributed by atoms with Crippen molar-refractivity contribution < 1.29 is 9.53 Å². The monoisotopic (exact) mass is 212 g/mol. The Kier molecular flexibility index (Phi) is 1.46. The summed E-state index contributed by atoms with van der Waals surface area (Å²) in [4.78, 5) is 11.0. The van der Waals surface area contributed by atoms with Crippen molar-refractivity contribution in [2.45, 2.75) is 5.01 Å². The zero-order chi connectivity index (χ0) is 7.84. The maximum atomic E-state index is 11.0. The number of hydrogen-bond acceptors (Lipinski definition) is 2. The third kappa shape index (κ3) is 0.959. The zero-order valence-electron chi connectivity index (χ0n) is 5.58. The first kappa shape index (κ1) is 6.85. The third-order valence-electron chi connectivity index (χ3n) is 1.64. The highest BCUT2D eigenvalue weighted by Crippen LogP contribution is 2.34. The van der Waals surface area contributed by atoms with Crippen LogP contribution in [0.4, 0.5) is 0 Å². The van der Waals surface area contributed by atoms with Gasteiger partial charge in [-0.15, -0.1) is 0 Å². The molecule has 1 atom stereocenters. The van der Waals surface area contributed by atoms with Crippen LogP contribution in [0.1, 0.15) is 20.9 Å². The van der Waals surface area contributed by atoms with E-state index in [1.165, 1.54) is 0 Å². The van der Waals surface area contributed by atoms with Crippen LogP contribution in [0.2, 0.25) is 0 Å². The molecule has 0 saturated heterocycles. The standard InChI is InChI=1S/C8H5BrO2/c9-7-5-3-1-2-4-6(5)8(10)11-7/h1-4,7H/t7-/m1/s1. The molecule has 0 unspecified atom stereocenters. The zero-order valence-corrected chi connectivity index (χ0v) is 7.17. The first-order chi connectivity index (χ1) is 5.29. The molecule has 1 aromatic carbocycles. The van der Waals surface area contributed by atoms with Crippen molar-refractivity contribution in [3.8, 4) is 0 Å². The summed E-state index contributed by atoms with van der Waals surface area (Å²) in [5.41, 5.74) is 1.58. The number of fused-ring (bicyclic) bond motifs is 1. The Bertz CT molecular complexity index is 309. The predicted molar refractivity (Wildman–Crippen MR) is 43.5 cm³/mol. The van der Waals surface area contributed by atoms with Crippen LogP contribution in [-0.2, 0) is 4.74 Å². The van der Waals surface area contributed by atoms with Crippen molar-refractivity contribution in [3.05, 3.63) is 35.4 Å². The van der Waals surface area contributed by atoms with Crippen LogP contribution in [0.15, 0.2) is 24.3 Å². The largest absolute Gasteiger partial charge is 0.442 e. The molecule has 0 aromatic heterocycles. The lowest BCUT2D eigenvalue weighted by Crippen LogP contribution is -1.92. The molecule has 2 rings (SSSR count). The van der Waals surface area contributed by atoms with Gasteiger partial charge in [-0.3, -0.25) is 0 Å². The number of carbonyl (C=O) groups is 1. The SMILES string of the molecule is O=C1O[C@@H](Br)c2ccccc21. The third-order valence-corrected chi connectivity index (χ3v) is 2.32. The van der Waals surface area contributed by atoms with Crippen LogP contribution in [0.5, 0.6) is 0 Å². The van der Waals surface area contributed by atoms with E-state index in [0.29, 0.717) is 5.56 Å². The minimum absolute atomic E-state index is 0.248. The van der Waals surface area contributed by atoms with Crippen molar-refractivity contribution in [2.24, 2.45) is 0 Å². The van der Waals surface area contributed by atoms with E-state index in [0.717, 1.165) is 5.56 Å². The Labute approximate surface area is 72.3 Å². The van der Waals surface area contributed by atoms with Crippen LogP contribution in [0.3, 0.4) is 0 Å². The fourth-order valence-electron chi connectivity index (χ4n) is 1.10. The highest BCUT2D eigenvalue weighted by molar-refractivity contribution is 9.09. The second kappa shape index (κ2) is 2.34. The number of esters is 1. The lowest BCUT2D eigenvalue weighted by Gasteiger charge is -1.97. The van der Waals surface area contributed by atoms with E-state index in [9.17, 15) is 4.79 Å². The van der Waals surface area contributed by atoms with Gasteiger partial charge in [0.05, 0.1) is 5.56 Å². The number of cyclic esters (lactones) is 1. The van der Waals surface area contributed by atoms with Crippen molar-refractivity contribution in [2.75, 3.05) is 0 Å². The predicted octanol–water partition coefficient (Wildman–Crippen LogP) is 2.25. The number of alkyl halides is 1. The highest BCUT2D eigenvalue weighted by atomic mass is 79.9. The fraction of sp³-hybridized carbons (Fsp3) is 0.125. The Morgan fingerprint density at radius 3 is 2.82 bits per heavy atom. The molecule has 2 nitrogen and oxygen atoms in total. The summed E-state index contributed by atoms with van der Waals surface area (Å²) in [6.07, 6.45) is 0. The van der Waals surface area contributed by atoms with Gasteiger partial charge >= 0.3 is 5.97 Å². The first-order valence-corrected chi connectivity index (χ1v) is 4.14. The summed E-state index contributed by atoms with van der Waals surface area (Å²) >= 11 is 3.23. The van der Waals surface area contributed by atoms with Gasteiger partial charge in [-0.2, -0.15) is 0 Å². The van der Waals surface area contributed by atoms with Gasteiger partial charge in [0.2, 0.25) is 0 Å². The molecule has 0 saturated carbocycles. The summed E-state index contributed by atoms with van der Waals surface area (Å²) in [6.45, 7) is 0. The molecule has 1 aliphatic heterocycles. The molecule has 56 valence electrons. The average Bonchev–Trinajstić information content (AvgIpc) is 2.30. The van der Waals surface area contributed by atoms with Crippen LogP contribution in [0.25, 0.3) is 0 Å². The van der Waals surface area contributed by atoms with E-state index >= 15 is 0 Å². The number of benzene rings is 1. The Morgan fingerprint density at radius 1 is 1.36 bits per heavy atom. The molecule has 0 fully saturated rings. The van der Waals surface area contributed by atoms with E-state index in [-0.39, 0.29) is 11.0 Å². The van der Waals surface area contributed by atoms with Gasteiger partial charge in [-0.1, -0.05) is 18.2 Å². The molecule has 3 heteroatoms. The van der Waals surface area contributed by atoms with Gasteiger partial charge in [0, 0.05) is 5.56 Å². The molecule has 0 aliphatic carbocycles. The highest BCUT2D eigenvalue weighted by Gasteiger charge is 2.27. The molecule has 0 N–H and O–H groups in total. The second-order valence-corrected chi connectivity index (χ2v) is 3.14. The Balaban J connectivity index is 2.60. The van der Waals surface area contributed by atoms with Crippen molar-refractivity contribution in [1.29, 1.82) is 0 Å². The summed E-state index contributed by atoms with van der Waals surface area (Å²) < 4.78 is 4.91. The van der Waals surface area contributed by atoms with Crippen LogP contribution < -0.4 is 0 Å². The van der Waals surface area contributed by atoms with Gasteiger partial charge in [0.15, 0.2) is 5.01 Å². The minimum Gasteiger partial charge on any atom is -0.442 e. The van der Waals surface area contributed by atoms with Crippen LogP contribution >= 0.6 is 15.9 Å². The van der Waals surface area contributed by atoms with Crippen molar-refractivity contribution >= 4 is 21.9 Å². The molecule has 11 heavy (non-hydrogen) atoms. The van der Waals surface area contributed by atoms with E-state index in [1.54, 1.807) is 6.07 Å². The van der Waals surface area contributed by atoms with Gasteiger partial charge in [-0.05, 0) is 22.0 Å². The van der Waals surface area contributed by atoms with Gasteiger partial charge in [0.1, 0.15) is 0 Å². The van der Waals surface area contributed by atoms with E-state index < -0.39 is 0 Å². The summed E-state index contributed by atoms with van der Waals surface area (Å²) in [6, 6.07) is 7.35. The molecule has 0 spiro atoms. The van der Waals surface area contributed by atoms with Crippen LogP contribution in [-0.4, -0.2) is 5.97 Å². The quantitative estimate of drug-likeness (QED) is 0.488. The Morgan fingerprint density at radius 2 is 2.09 bits per heavy atom. The van der Waals surface area contributed by atoms with Gasteiger partial charge < -0.3 is 4.74 Å². The number of hydrogen-bond donors (Lipinski definition) is 0. The van der Waals surface area contributed by atoms with Crippen molar-refractivity contribution in [1.82, 2.24) is 0 Å². The molecule has 1 heterocycles. The van der Waals surface area contributed by atoms with Gasteiger partial charge in [0.25, 0.3) is 0 Å². The topological polar surface area (TPSA) is 26.3 Å². The molecule has 0 bridgehead atoms. The van der Waals surface area contributed by atoms with Gasteiger partial charge in [-0.25, -0.2) is 4.79 Å². The molecule has 0 amide bonds. The van der Waals surface area contributed by atoms with Crippen molar-refractivity contribution in [3.63, 3.8) is 0 Å².